The molecule has 2 amide bonds. The van der Waals surface area contributed by atoms with E-state index in [1.807, 2.05) is 0 Å². The molecule has 0 bridgehead atoms. The van der Waals surface area contributed by atoms with Gasteiger partial charge in [0, 0.05) is 17.8 Å². The maximum absolute atomic E-state index is 12.8. The molecule has 0 radical (unpaired) electrons. The van der Waals surface area contributed by atoms with Gasteiger partial charge in [-0.3, -0.25) is 9.59 Å². The Balaban J connectivity index is 1.94. The molecule has 1 aromatic carbocycles. The van der Waals surface area contributed by atoms with E-state index >= 15 is 0 Å². The Bertz CT molecular complexity index is 709. The molecule has 1 aromatic rings. The Morgan fingerprint density at radius 1 is 1.25 bits per heavy atom. The third-order valence-electron chi connectivity index (χ3n) is 5.06. The minimum absolute atomic E-state index is 0.0113. The molecule has 0 aromatic heterocycles. The topological polar surface area (TPSA) is 110 Å². The fourth-order valence-corrected chi connectivity index (χ4v) is 3.62. The Kier molecular flexibility index (Phi) is 7.29. The van der Waals surface area contributed by atoms with Crippen molar-refractivity contribution in [3.8, 4) is 0 Å². The van der Waals surface area contributed by atoms with Gasteiger partial charge in [-0.05, 0) is 49.8 Å². The Morgan fingerprint density at radius 3 is 2.61 bits per heavy atom. The van der Waals surface area contributed by atoms with Gasteiger partial charge in [0.15, 0.2) is 0 Å². The number of hydrogen-bond acceptors (Lipinski definition) is 4. The van der Waals surface area contributed by atoms with E-state index in [0.29, 0.717) is 6.07 Å². The zero-order valence-corrected chi connectivity index (χ0v) is 15.8. The van der Waals surface area contributed by atoms with Gasteiger partial charge in [-0.2, -0.15) is 13.2 Å². The summed E-state index contributed by atoms with van der Waals surface area (Å²) >= 11 is 0. The van der Waals surface area contributed by atoms with Crippen LogP contribution in [-0.2, 0) is 11.0 Å². The minimum atomic E-state index is -4.59. The third-order valence-corrected chi connectivity index (χ3v) is 5.06. The number of alkyl halides is 3. The summed E-state index contributed by atoms with van der Waals surface area (Å²) in [6.07, 6.45) is -0.229. The van der Waals surface area contributed by atoms with E-state index in [1.54, 1.807) is 0 Å². The van der Waals surface area contributed by atoms with Crippen LogP contribution in [0, 0.1) is 5.92 Å². The Hall–Kier alpha value is -2.29. The maximum Gasteiger partial charge on any atom is 0.416 e. The van der Waals surface area contributed by atoms with Crippen LogP contribution in [0.3, 0.4) is 0 Å². The van der Waals surface area contributed by atoms with E-state index in [2.05, 4.69) is 17.6 Å². The lowest BCUT2D eigenvalue weighted by Crippen LogP contribution is -2.49. The van der Waals surface area contributed by atoms with Gasteiger partial charge in [-0.25, -0.2) is 0 Å². The van der Waals surface area contributed by atoms with E-state index in [1.165, 1.54) is 0 Å². The molecule has 1 aliphatic carbocycles. The molecule has 0 heterocycles. The molecule has 6 N–H and O–H groups in total. The van der Waals surface area contributed by atoms with Gasteiger partial charge in [0.2, 0.25) is 5.91 Å². The summed E-state index contributed by atoms with van der Waals surface area (Å²) in [5, 5.41) is 5.25. The van der Waals surface area contributed by atoms with Gasteiger partial charge in [0.25, 0.3) is 5.91 Å². The average Bonchev–Trinajstić information content (AvgIpc) is 2.61. The number of carbonyl (C=O) groups excluding carboxylic acids is 2. The summed E-state index contributed by atoms with van der Waals surface area (Å²) in [5.74, 6) is -0.928. The van der Waals surface area contributed by atoms with Crippen LogP contribution in [0.2, 0.25) is 0 Å². The molecule has 1 saturated carbocycles. The van der Waals surface area contributed by atoms with Crippen molar-refractivity contribution < 1.29 is 22.8 Å². The van der Waals surface area contributed by atoms with Crippen molar-refractivity contribution in [2.24, 2.45) is 11.7 Å². The maximum atomic E-state index is 12.8. The van der Waals surface area contributed by atoms with Crippen molar-refractivity contribution in [3.05, 3.63) is 29.3 Å². The van der Waals surface area contributed by atoms with E-state index in [9.17, 15) is 22.8 Å². The first kappa shape index (κ1) is 22.0. The van der Waals surface area contributed by atoms with E-state index in [0.717, 1.165) is 44.2 Å². The highest BCUT2D eigenvalue weighted by molar-refractivity contribution is 6.00. The van der Waals surface area contributed by atoms with E-state index in [-0.39, 0.29) is 41.7 Å². The summed E-state index contributed by atoms with van der Waals surface area (Å²) < 4.78 is 38.5. The molecule has 0 saturated heterocycles. The molecule has 2 rings (SSSR count). The predicted octanol–water partition coefficient (Wildman–Crippen LogP) is 2.43. The van der Waals surface area contributed by atoms with Crippen molar-refractivity contribution in [1.82, 2.24) is 10.6 Å². The molecule has 156 valence electrons. The molecule has 0 unspecified atom stereocenters. The predicted molar refractivity (Wildman–Crippen MR) is 100 cm³/mol. The number of anilines is 1. The molecule has 1 aliphatic rings. The number of benzene rings is 1. The molecule has 0 spiro atoms. The molecular formula is C19H27F3N4O2. The lowest BCUT2D eigenvalue weighted by atomic mass is 9.79. The lowest BCUT2D eigenvalue weighted by molar-refractivity contribution is -0.137. The number of nitrogens with one attached hydrogen (secondary N) is 2. The molecule has 1 fully saturated rings. The zero-order valence-electron chi connectivity index (χ0n) is 15.8. The fraction of sp³-hybridized carbons (Fsp3) is 0.579. The zero-order chi connectivity index (χ0) is 20.9. The highest BCUT2D eigenvalue weighted by Crippen LogP contribution is 2.31. The van der Waals surface area contributed by atoms with Crippen LogP contribution >= 0.6 is 0 Å². The van der Waals surface area contributed by atoms with Crippen LogP contribution in [0.1, 0.15) is 54.9 Å². The molecule has 0 aliphatic heterocycles. The fourth-order valence-electron chi connectivity index (χ4n) is 3.62. The second kappa shape index (κ2) is 9.27. The summed E-state index contributed by atoms with van der Waals surface area (Å²) in [5.41, 5.74) is 10.2. The molecule has 3 atom stereocenters. The van der Waals surface area contributed by atoms with E-state index < -0.39 is 17.6 Å². The van der Waals surface area contributed by atoms with Crippen LogP contribution in [0.5, 0.6) is 0 Å². The Morgan fingerprint density at radius 2 is 1.96 bits per heavy atom. The van der Waals surface area contributed by atoms with Gasteiger partial charge < -0.3 is 22.1 Å². The number of halogens is 3. The largest absolute Gasteiger partial charge is 0.416 e. The second-order valence-corrected chi connectivity index (χ2v) is 7.28. The first-order chi connectivity index (χ1) is 13.1. The monoisotopic (exact) mass is 400 g/mol. The van der Waals surface area contributed by atoms with Crippen molar-refractivity contribution in [3.63, 3.8) is 0 Å². The Labute approximate surface area is 162 Å². The SMILES string of the molecule is CCC[C@@H]1C[C@H](N)CC[C@@H]1NC(=O)CNC(=O)c1cc(C(F)(F)F)ccc1N. The minimum Gasteiger partial charge on any atom is -0.398 e. The first-order valence-corrected chi connectivity index (χ1v) is 9.41. The van der Waals surface area contributed by atoms with E-state index in [4.69, 9.17) is 11.5 Å². The summed E-state index contributed by atoms with van der Waals surface area (Å²) in [6.45, 7) is 1.73. The standard InChI is InChI=1S/C19H27F3N4O2/c1-2-3-11-8-13(23)5-7-16(11)26-17(27)10-25-18(28)14-9-12(19(20,21)22)4-6-15(14)24/h4,6,9,11,13,16H,2-3,5,7-8,10,23-24H2,1H3,(H,25,28)(H,26,27)/t11-,13-,16+/m1/s1. The van der Waals surface area contributed by atoms with Crippen LogP contribution < -0.4 is 22.1 Å². The molecule has 6 nitrogen and oxygen atoms in total. The highest BCUT2D eigenvalue weighted by atomic mass is 19.4. The third kappa shape index (κ3) is 5.85. The van der Waals surface area contributed by atoms with Crippen molar-refractivity contribution in [2.45, 2.75) is 57.3 Å². The van der Waals surface area contributed by atoms with Gasteiger partial charge >= 0.3 is 6.18 Å². The lowest BCUT2D eigenvalue weighted by Gasteiger charge is -2.35. The number of hydrogen-bond donors (Lipinski definition) is 4. The van der Waals surface area contributed by atoms with Gasteiger partial charge in [0.05, 0.1) is 17.7 Å². The number of nitrogen functional groups attached to an aromatic ring is 1. The van der Waals surface area contributed by atoms with Gasteiger partial charge in [-0.1, -0.05) is 13.3 Å². The van der Waals surface area contributed by atoms with Crippen molar-refractivity contribution in [1.29, 1.82) is 0 Å². The number of carbonyl (C=O) groups is 2. The van der Waals surface area contributed by atoms with Crippen LogP contribution in [-0.4, -0.2) is 30.4 Å². The first-order valence-electron chi connectivity index (χ1n) is 9.41. The number of amides is 2. The van der Waals surface area contributed by atoms with Gasteiger partial charge in [-0.15, -0.1) is 0 Å². The summed E-state index contributed by atoms with van der Waals surface area (Å²) in [6, 6.07) is 2.64. The average molecular weight is 400 g/mol. The quantitative estimate of drug-likeness (QED) is 0.550. The second-order valence-electron chi connectivity index (χ2n) is 7.28. The van der Waals surface area contributed by atoms with Crippen LogP contribution in [0.4, 0.5) is 18.9 Å². The molecular weight excluding hydrogens is 373 g/mol. The van der Waals surface area contributed by atoms with Crippen LogP contribution in [0.25, 0.3) is 0 Å². The number of nitrogens with two attached hydrogens (primary N) is 2. The smallest absolute Gasteiger partial charge is 0.398 e. The van der Waals surface area contributed by atoms with Crippen LogP contribution in [0.15, 0.2) is 18.2 Å². The molecule has 9 heteroatoms. The normalized spacial score (nSPS) is 22.5. The number of rotatable bonds is 6. The van der Waals surface area contributed by atoms with Crippen molar-refractivity contribution in [2.75, 3.05) is 12.3 Å². The van der Waals surface area contributed by atoms with Crippen molar-refractivity contribution >= 4 is 17.5 Å². The summed E-state index contributed by atoms with van der Waals surface area (Å²) in [4.78, 5) is 24.4. The summed E-state index contributed by atoms with van der Waals surface area (Å²) in [7, 11) is 0. The molecule has 28 heavy (non-hydrogen) atoms. The highest BCUT2D eigenvalue weighted by Gasteiger charge is 2.32. The van der Waals surface area contributed by atoms with Gasteiger partial charge in [0.1, 0.15) is 0 Å².